The Bertz CT molecular complexity index is 1140. The summed E-state index contributed by atoms with van der Waals surface area (Å²) in [5.74, 6) is 1.73. The molecular formula is C28H32N4O. The smallest absolute Gasteiger partial charge is 0.322 e. The highest BCUT2D eigenvalue weighted by Gasteiger charge is 2.53. The lowest BCUT2D eigenvalue weighted by Crippen LogP contribution is -2.58. The van der Waals surface area contributed by atoms with Gasteiger partial charge in [-0.2, -0.15) is 0 Å². The first-order valence-corrected chi connectivity index (χ1v) is 12.5. The molecule has 5 nitrogen and oxygen atoms in total. The second-order valence-electron chi connectivity index (χ2n) is 10.0. The topological polar surface area (TPSA) is 48.5 Å². The summed E-state index contributed by atoms with van der Waals surface area (Å²) in [5.41, 5.74) is 2.25. The maximum absolute atomic E-state index is 13.2. The number of benzene rings is 2. The molecule has 1 saturated heterocycles. The Hall–Kier alpha value is -3.08. The van der Waals surface area contributed by atoms with Crippen LogP contribution < -0.4 is 10.2 Å². The second kappa shape index (κ2) is 8.36. The molecule has 0 unspecified atom stereocenters. The molecule has 2 amide bonds. The molecule has 3 aromatic rings. The quantitative estimate of drug-likeness (QED) is 0.530. The molecule has 2 heterocycles. The largest absolute Gasteiger partial charge is 0.352 e. The number of rotatable bonds is 3. The number of pyridine rings is 1. The third-order valence-corrected chi connectivity index (χ3v) is 7.91. The van der Waals surface area contributed by atoms with Gasteiger partial charge in [0.05, 0.1) is 5.54 Å². The van der Waals surface area contributed by atoms with Crippen LogP contribution in [0.1, 0.15) is 56.4 Å². The fraction of sp³-hybridized carbons (Fsp3) is 0.429. The number of hydrogen-bond donors (Lipinski definition) is 1. The van der Waals surface area contributed by atoms with E-state index in [-0.39, 0.29) is 11.6 Å². The third kappa shape index (κ3) is 3.94. The summed E-state index contributed by atoms with van der Waals surface area (Å²) < 4.78 is 0. The summed E-state index contributed by atoms with van der Waals surface area (Å²) in [6, 6.07) is 19.1. The van der Waals surface area contributed by atoms with Crippen LogP contribution in [0, 0.1) is 0 Å². The lowest BCUT2D eigenvalue weighted by molar-refractivity contribution is 0.169. The maximum atomic E-state index is 13.2. The number of urea groups is 1. The molecule has 3 aliphatic rings. The van der Waals surface area contributed by atoms with Gasteiger partial charge in [0, 0.05) is 36.9 Å². The van der Waals surface area contributed by atoms with Crippen molar-refractivity contribution in [2.24, 2.45) is 0 Å². The Morgan fingerprint density at radius 2 is 1.73 bits per heavy atom. The zero-order chi connectivity index (χ0) is 22.3. The van der Waals surface area contributed by atoms with E-state index in [4.69, 9.17) is 4.98 Å². The van der Waals surface area contributed by atoms with E-state index in [0.717, 1.165) is 44.0 Å². The Balaban J connectivity index is 1.14. The van der Waals surface area contributed by atoms with Gasteiger partial charge in [0.25, 0.3) is 0 Å². The minimum absolute atomic E-state index is 0.0310. The van der Waals surface area contributed by atoms with Crippen LogP contribution in [0.4, 0.5) is 16.3 Å². The lowest BCUT2D eigenvalue weighted by Gasteiger charge is -2.42. The summed E-state index contributed by atoms with van der Waals surface area (Å²) >= 11 is 0. The molecule has 6 rings (SSSR count). The van der Waals surface area contributed by atoms with Crippen LogP contribution in [0.25, 0.3) is 10.8 Å². The SMILES string of the molecule is O=C(Nc1ccc(C2CCCCC2)cc1)N1CCN(c2nccc3ccccc23)CC12CC2. The molecule has 1 N–H and O–H groups in total. The van der Waals surface area contributed by atoms with Gasteiger partial charge in [-0.1, -0.05) is 55.7 Å². The first-order chi connectivity index (χ1) is 16.2. The van der Waals surface area contributed by atoms with Crippen LogP contribution in [0.3, 0.4) is 0 Å². The molecular weight excluding hydrogens is 408 g/mol. The van der Waals surface area contributed by atoms with Crippen molar-refractivity contribution < 1.29 is 4.79 Å². The molecule has 2 aromatic carbocycles. The number of nitrogens with zero attached hydrogens (tertiary/aromatic N) is 3. The van der Waals surface area contributed by atoms with Crippen LogP contribution in [0.5, 0.6) is 0 Å². The fourth-order valence-electron chi connectivity index (χ4n) is 5.87. The molecule has 5 heteroatoms. The predicted octanol–water partition coefficient (Wildman–Crippen LogP) is 6.17. The van der Waals surface area contributed by atoms with E-state index in [1.54, 1.807) is 0 Å². The van der Waals surface area contributed by atoms with Crippen LogP contribution in [0.2, 0.25) is 0 Å². The van der Waals surface area contributed by atoms with Crippen molar-refractivity contribution in [3.8, 4) is 0 Å². The molecule has 0 atom stereocenters. The average Bonchev–Trinajstić information content (AvgIpc) is 3.63. The van der Waals surface area contributed by atoms with E-state index < -0.39 is 0 Å². The van der Waals surface area contributed by atoms with E-state index in [2.05, 4.69) is 69.7 Å². The number of anilines is 2. The molecule has 1 aliphatic heterocycles. The van der Waals surface area contributed by atoms with Gasteiger partial charge in [0.15, 0.2) is 0 Å². The van der Waals surface area contributed by atoms with Crippen molar-refractivity contribution in [1.82, 2.24) is 9.88 Å². The minimum Gasteiger partial charge on any atom is -0.352 e. The monoisotopic (exact) mass is 440 g/mol. The van der Waals surface area contributed by atoms with Crippen molar-refractivity contribution in [2.75, 3.05) is 29.9 Å². The number of fused-ring (bicyclic) bond motifs is 1. The molecule has 1 aromatic heterocycles. The molecule has 1 spiro atoms. The highest BCUT2D eigenvalue weighted by atomic mass is 16.2. The number of piperazine rings is 1. The average molecular weight is 441 g/mol. The lowest BCUT2D eigenvalue weighted by atomic mass is 9.84. The maximum Gasteiger partial charge on any atom is 0.322 e. The normalized spacial score (nSPS) is 20.2. The summed E-state index contributed by atoms with van der Waals surface area (Å²) in [6.07, 6.45) is 10.7. The minimum atomic E-state index is -0.0665. The zero-order valence-corrected chi connectivity index (χ0v) is 19.2. The van der Waals surface area contributed by atoms with Crippen molar-refractivity contribution in [1.29, 1.82) is 0 Å². The van der Waals surface area contributed by atoms with Crippen molar-refractivity contribution >= 4 is 28.3 Å². The third-order valence-electron chi connectivity index (χ3n) is 7.91. The van der Waals surface area contributed by atoms with Crippen LogP contribution in [0.15, 0.2) is 60.8 Å². The Kier molecular flexibility index (Phi) is 5.20. The molecule has 0 bridgehead atoms. The Morgan fingerprint density at radius 1 is 0.939 bits per heavy atom. The Morgan fingerprint density at radius 3 is 2.52 bits per heavy atom. The van der Waals surface area contributed by atoms with Crippen LogP contribution in [-0.2, 0) is 0 Å². The van der Waals surface area contributed by atoms with Crippen molar-refractivity contribution in [3.05, 3.63) is 66.4 Å². The number of carbonyl (C=O) groups is 1. The highest BCUT2D eigenvalue weighted by molar-refractivity contribution is 5.93. The fourth-order valence-corrected chi connectivity index (χ4v) is 5.87. The van der Waals surface area contributed by atoms with E-state index in [9.17, 15) is 4.79 Å². The van der Waals surface area contributed by atoms with Gasteiger partial charge in [0.1, 0.15) is 5.82 Å². The molecule has 33 heavy (non-hydrogen) atoms. The van der Waals surface area contributed by atoms with Gasteiger partial charge >= 0.3 is 6.03 Å². The molecule has 2 aliphatic carbocycles. The van der Waals surface area contributed by atoms with E-state index in [1.165, 1.54) is 48.4 Å². The molecule has 3 fully saturated rings. The number of carbonyl (C=O) groups excluding carboxylic acids is 1. The van der Waals surface area contributed by atoms with Crippen LogP contribution in [-0.4, -0.2) is 41.1 Å². The first kappa shape index (κ1) is 20.5. The van der Waals surface area contributed by atoms with Gasteiger partial charge in [-0.15, -0.1) is 0 Å². The van der Waals surface area contributed by atoms with E-state index in [0.29, 0.717) is 5.92 Å². The summed E-state index contributed by atoms with van der Waals surface area (Å²) in [5, 5.41) is 5.57. The standard InChI is InChI=1S/C28H32N4O/c33-27(30-24-12-10-22(11-13-24)21-6-2-1-3-7-21)32-19-18-31(20-28(32)15-16-28)26-25-9-5-4-8-23(25)14-17-29-26/h4-5,8-14,17,21H,1-3,6-7,15-16,18-20H2,(H,30,33). The van der Waals surface area contributed by atoms with Gasteiger partial charge in [-0.05, 0) is 60.7 Å². The summed E-state index contributed by atoms with van der Waals surface area (Å²) in [6.45, 7) is 2.37. The number of nitrogens with one attached hydrogen (secondary N) is 1. The Labute approximate surface area is 195 Å². The van der Waals surface area contributed by atoms with Gasteiger partial charge in [-0.25, -0.2) is 9.78 Å². The number of hydrogen-bond acceptors (Lipinski definition) is 3. The van der Waals surface area contributed by atoms with Gasteiger partial charge < -0.3 is 15.1 Å². The van der Waals surface area contributed by atoms with Gasteiger partial charge in [-0.3, -0.25) is 0 Å². The number of amides is 2. The molecule has 170 valence electrons. The predicted molar refractivity (Wildman–Crippen MR) is 134 cm³/mol. The van der Waals surface area contributed by atoms with Crippen LogP contribution >= 0.6 is 0 Å². The zero-order valence-electron chi connectivity index (χ0n) is 19.2. The van der Waals surface area contributed by atoms with E-state index in [1.807, 2.05) is 6.20 Å². The van der Waals surface area contributed by atoms with Gasteiger partial charge in [0.2, 0.25) is 0 Å². The first-order valence-electron chi connectivity index (χ1n) is 12.5. The number of aromatic nitrogens is 1. The summed E-state index contributed by atoms with van der Waals surface area (Å²) in [4.78, 5) is 22.4. The summed E-state index contributed by atoms with van der Waals surface area (Å²) in [7, 11) is 0. The molecule has 0 radical (unpaired) electrons. The molecule has 2 saturated carbocycles. The van der Waals surface area contributed by atoms with E-state index >= 15 is 0 Å². The van der Waals surface area contributed by atoms with Crippen molar-refractivity contribution in [2.45, 2.75) is 56.4 Å². The van der Waals surface area contributed by atoms with Crippen molar-refractivity contribution in [3.63, 3.8) is 0 Å². The second-order valence-corrected chi connectivity index (χ2v) is 10.0. The highest BCUT2D eigenvalue weighted by Crippen LogP contribution is 2.45.